The zero-order chi connectivity index (χ0) is 24.5. The number of rotatable bonds is 9. The minimum Gasteiger partial charge on any atom is -0.475 e. The molecular weight excluding hydrogens is 422 g/mol. The van der Waals surface area contributed by atoms with Crippen LogP contribution in [0.5, 0.6) is 17.5 Å². The minimum atomic E-state index is -1.27. The number of benzene rings is 1. The Morgan fingerprint density at radius 1 is 1.03 bits per heavy atom. The average molecular weight is 455 g/mol. The van der Waals surface area contributed by atoms with Gasteiger partial charge in [0.2, 0.25) is 17.6 Å². The highest BCUT2D eigenvalue weighted by atomic mass is 19.2. The number of halogens is 2. The predicted molar refractivity (Wildman–Crippen MR) is 118 cm³/mol. The summed E-state index contributed by atoms with van der Waals surface area (Å²) in [6, 6.07) is 2.40. The van der Waals surface area contributed by atoms with Gasteiger partial charge in [-0.3, -0.25) is 4.79 Å². The Morgan fingerprint density at radius 3 is 2.06 bits per heavy atom. The van der Waals surface area contributed by atoms with E-state index in [0.717, 1.165) is 30.9 Å². The molecule has 0 spiro atoms. The van der Waals surface area contributed by atoms with Crippen molar-refractivity contribution in [3.05, 3.63) is 41.7 Å². The van der Waals surface area contributed by atoms with Crippen molar-refractivity contribution in [2.45, 2.75) is 33.7 Å². The van der Waals surface area contributed by atoms with Gasteiger partial charge in [-0.25, -0.2) is 14.4 Å². The number of carbonyl (C=O) groups excluding carboxylic acids is 2. The maximum absolute atomic E-state index is 13.7. The van der Waals surface area contributed by atoms with E-state index in [0.29, 0.717) is 6.61 Å². The van der Waals surface area contributed by atoms with Crippen molar-refractivity contribution in [1.29, 1.82) is 0 Å². The second-order valence-electron chi connectivity index (χ2n) is 6.88. The van der Waals surface area contributed by atoms with E-state index < -0.39 is 11.6 Å². The molecule has 2 aromatic rings. The lowest BCUT2D eigenvalue weighted by atomic mass is 10.2. The van der Waals surface area contributed by atoms with Gasteiger partial charge in [-0.2, -0.15) is 4.39 Å². The van der Waals surface area contributed by atoms with Crippen molar-refractivity contribution in [2.75, 3.05) is 27.2 Å². The largest absolute Gasteiger partial charge is 0.475 e. The van der Waals surface area contributed by atoms with Crippen LogP contribution in [-0.4, -0.2) is 55.8 Å². The van der Waals surface area contributed by atoms with Gasteiger partial charge in [0.05, 0.1) is 18.0 Å². The average Bonchev–Trinajstić information content (AvgIpc) is 2.77. The molecule has 10 heteroatoms. The van der Waals surface area contributed by atoms with Gasteiger partial charge in [0.1, 0.15) is 12.9 Å². The highest BCUT2D eigenvalue weighted by Crippen LogP contribution is 2.26. The highest BCUT2D eigenvalue weighted by Gasteiger charge is 2.15. The molecule has 0 bridgehead atoms. The molecule has 1 aromatic heterocycles. The second kappa shape index (κ2) is 16.7. The Balaban J connectivity index is 0.000000908. The SMILES string of the molecule is CC=O.CNC(C)COc1cnc(Oc2ccc(C=O)c(F)c2F)cn1.CNCC(C)C. The highest BCUT2D eigenvalue weighted by molar-refractivity contribution is 5.75. The molecule has 8 nitrogen and oxygen atoms in total. The van der Waals surface area contributed by atoms with Gasteiger partial charge in [0.25, 0.3) is 0 Å². The van der Waals surface area contributed by atoms with Crippen molar-refractivity contribution in [1.82, 2.24) is 20.6 Å². The Hall–Kier alpha value is -2.98. The first-order valence-electron chi connectivity index (χ1n) is 10.0. The minimum absolute atomic E-state index is 0.0313. The molecule has 0 saturated carbocycles. The molecule has 2 N–H and O–H groups in total. The summed E-state index contributed by atoms with van der Waals surface area (Å²) in [5, 5.41) is 6.07. The van der Waals surface area contributed by atoms with Crippen LogP contribution < -0.4 is 20.1 Å². The Labute approximate surface area is 187 Å². The standard InChI is InChI=1S/C15H15F2N3O3.C5H13N.C2H4O/c1-9(18-2)8-22-12-5-20-13(6-19-12)23-11-4-3-10(7-21)14(16)15(11)17;1-5(2)4-6-3;1-2-3/h3-7,9,18H,8H2,1-2H3;5-6H,4H2,1-3H3;2H,1H3. The van der Waals surface area contributed by atoms with Crippen LogP contribution >= 0.6 is 0 Å². The summed E-state index contributed by atoms with van der Waals surface area (Å²) in [5.74, 6) is -1.89. The zero-order valence-corrected chi connectivity index (χ0v) is 19.3. The number of nitrogens with zero attached hydrogens (tertiary/aromatic N) is 2. The Morgan fingerprint density at radius 2 is 1.62 bits per heavy atom. The quantitative estimate of drug-likeness (QED) is 0.556. The van der Waals surface area contributed by atoms with Crippen LogP contribution in [0.25, 0.3) is 0 Å². The number of carbonyl (C=O) groups is 2. The van der Waals surface area contributed by atoms with Gasteiger partial charge in [-0.15, -0.1) is 0 Å². The van der Waals surface area contributed by atoms with Gasteiger partial charge in [0, 0.05) is 6.04 Å². The zero-order valence-electron chi connectivity index (χ0n) is 19.3. The van der Waals surface area contributed by atoms with Gasteiger partial charge in [-0.1, -0.05) is 13.8 Å². The van der Waals surface area contributed by atoms with Gasteiger partial charge in [0.15, 0.2) is 17.9 Å². The summed E-state index contributed by atoms with van der Waals surface area (Å²) < 4.78 is 37.7. The third kappa shape index (κ3) is 11.4. The molecular formula is C22H32F2N4O4. The summed E-state index contributed by atoms with van der Waals surface area (Å²) in [6.45, 7) is 9.29. The van der Waals surface area contributed by atoms with Crippen LogP contribution in [0, 0.1) is 17.6 Å². The first-order chi connectivity index (χ1) is 15.2. The molecule has 0 radical (unpaired) electrons. The number of likely N-dealkylation sites (N-methyl/N-ethyl adjacent to an activating group) is 1. The van der Waals surface area contributed by atoms with Crippen LogP contribution in [0.4, 0.5) is 8.78 Å². The van der Waals surface area contributed by atoms with Gasteiger partial charge in [-0.05, 0) is 52.5 Å². The third-order valence-corrected chi connectivity index (χ3v) is 3.61. The van der Waals surface area contributed by atoms with E-state index in [2.05, 4.69) is 34.4 Å². The lowest BCUT2D eigenvalue weighted by Gasteiger charge is -2.11. The van der Waals surface area contributed by atoms with E-state index in [1.807, 2.05) is 14.0 Å². The van der Waals surface area contributed by atoms with Crippen molar-refractivity contribution in [3.8, 4) is 17.5 Å². The first-order valence-corrected chi connectivity index (χ1v) is 10.0. The Kier molecular flexibility index (Phi) is 15.1. The first kappa shape index (κ1) is 29.0. The van der Waals surface area contributed by atoms with Crippen molar-refractivity contribution in [2.24, 2.45) is 5.92 Å². The fraction of sp³-hybridized carbons (Fsp3) is 0.455. The summed E-state index contributed by atoms with van der Waals surface area (Å²) in [5.41, 5.74) is -0.386. The molecule has 0 aliphatic heterocycles. The van der Waals surface area contributed by atoms with E-state index in [9.17, 15) is 13.6 Å². The van der Waals surface area contributed by atoms with Crippen molar-refractivity contribution >= 4 is 12.6 Å². The van der Waals surface area contributed by atoms with Crippen LogP contribution in [0.15, 0.2) is 24.5 Å². The topological polar surface area (TPSA) is 102 Å². The number of aldehydes is 2. The second-order valence-corrected chi connectivity index (χ2v) is 6.88. The van der Waals surface area contributed by atoms with Crippen molar-refractivity contribution in [3.63, 3.8) is 0 Å². The normalized spacial score (nSPS) is 10.8. The molecule has 1 aromatic carbocycles. The molecule has 1 heterocycles. The number of hydrogen-bond donors (Lipinski definition) is 2. The molecule has 0 fully saturated rings. The smallest absolute Gasteiger partial charge is 0.238 e. The summed E-state index contributed by atoms with van der Waals surface area (Å²) in [4.78, 5) is 27.2. The molecule has 0 aliphatic carbocycles. The molecule has 1 unspecified atom stereocenters. The molecule has 32 heavy (non-hydrogen) atoms. The van der Waals surface area contributed by atoms with E-state index in [4.69, 9.17) is 14.3 Å². The maximum atomic E-state index is 13.7. The van der Waals surface area contributed by atoms with Crippen LogP contribution in [0.2, 0.25) is 0 Å². The molecule has 1 atom stereocenters. The van der Waals surface area contributed by atoms with E-state index >= 15 is 0 Å². The van der Waals surface area contributed by atoms with Crippen LogP contribution in [0.3, 0.4) is 0 Å². The summed E-state index contributed by atoms with van der Waals surface area (Å²) in [7, 11) is 3.78. The van der Waals surface area contributed by atoms with Crippen molar-refractivity contribution < 1.29 is 27.8 Å². The van der Waals surface area contributed by atoms with E-state index in [1.165, 1.54) is 19.3 Å². The fourth-order valence-electron chi connectivity index (χ4n) is 1.96. The molecule has 0 amide bonds. The molecule has 0 aliphatic rings. The number of aromatic nitrogens is 2. The number of ether oxygens (including phenoxy) is 2. The van der Waals surface area contributed by atoms with Crippen LogP contribution in [-0.2, 0) is 4.79 Å². The third-order valence-electron chi connectivity index (χ3n) is 3.61. The molecule has 2 rings (SSSR count). The summed E-state index contributed by atoms with van der Waals surface area (Å²) in [6.07, 6.45) is 3.51. The van der Waals surface area contributed by atoms with E-state index in [-0.39, 0.29) is 35.4 Å². The maximum Gasteiger partial charge on any atom is 0.238 e. The van der Waals surface area contributed by atoms with Gasteiger partial charge >= 0.3 is 0 Å². The number of nitrogens with one attached hydrogen (secondary N) is 2. The Bertz CT molecular complexity index is 805. The lowest BCUT2D eigenvalue weighted by Crippen LogP contribution is -2.28. The molecule has 178 valence electrons. The fourth-order valence-corrected chi connectivity index (χ4v) is 1.96. The molecule has 0 saturated heterocycles. The van der Waals surface area contributed by atoms with E-state index in [1.54, 1.807) is 7.05 Å². The summed E-state index contributed by atoms with van der Waals surface area (Å²) >= 11 is 0. The number of hydrogen-bond acceptors (Lipinski definition) is 8. The predicted octanol–water partition coefficient (Wildman–Crippen LogP) is 3.41. The monoisotopic (exact) mass is 454 g/mol. The van der Waals surface area contributed by atoms with Crippen LogP contribution in [0.1, 0.15) is 38.1 Å². The van der Waals surface area contributed by atoms with Gasteiger partial charge < -0.3 is 24.9 Å². The lowest BCUT2D eigenvalue weighted by molar-refractivity contribution is -0.106.